The molecule has 0 radical (unpaired) electrons. The third kappa shape index (κ3) is 5.93. The highest BCUT2D eigenvalue weighted by Gasteiger charge is 2.56. The van der Waals surface area contributed by atoms with Gasteiger partial charge in [0, 0.05) is 6.54 Å². The van der Waals surface area contributed by atoms with E-state index in [0.717, 1.165) is 11.3 Å². The van der Waals surface area contributed by atoms with Crippen LogP contribution >= 0.6 is 0 Å². The van der Waals surface area contributed by atoms with Gasteiger partial charge in [0.1, 0.15) is 12.1 Å². The molecule has 30 heavy (non-hydrogen) atoms. The van der Waals surface area contributed by atoms with Gasteiger partial charge >= 0.3 is 18.0 Å². The van der Waals surface area contributed by atoms with Crippen LogP contribution in [0, 0.1) is 17.3 Å². The number of esters is 1. The first kappa shape index (κ1) is 23.6. The molecule has 3 N–H and O–H groups in total. The monoisotopic (exact) mass is 424 g/mol. The summed E-state index contributed by atoms with van der Waals surface area (Å²) in [7, 11) is 0. The van der Waals surface area contributed by atoms with Gasteiger partial charge in [-0.25, -0.2) is 9.59 Å². The van der Waals surface area contributed by atoms with Gasteiger partial charge in [-0.05, 0) is 36.5 Å². The average Bonchev–Trinajstić information content (AvgIpc) is 2.79. The summed E-state index contributed by atoms with van der Waals surface area (Å²) in [6, 6.07) is -1.32. The fraction of sp³-hybridized carbons (Fsp3) is 0.750. The van der Waals surface area contributed by atoms with Crippen LogP contribution in [-0.2, 0) is 19.1 Å². The first-order valence-electron chi connectivity index (χ1n) is 10.2. The second-order valence-corrected chi connectivity index (χ2v) is 9.57. The molecule has 2 atom stereocenters. The first-order valence-corrected chi connectivity index (χ1v) is 10.2. The molecule has 1 saturated heterocycles. The van der Waals surface area contributed by atoms with Crippen LogP contribution in [0.5, 0.6) is 0 Å². The van der Waals surface area contributed by atoms with E-state index in [1.165, 1.54) is 0 Å². The lowest BCUT2D eigenvalue weighted by Crippen LogP contribution is -2.54. The van der Waals surface area contributed by atoms with Crippen LogP contribution in [-0.4, -0.2) is 60.0 Å². The van der Waals surface area contributed by atoms with Crippen LogP contribution in [0.4, 0.5) is 9.59 Å². The Bertz CT molecular complexity index is 735. The second-order valence-electron chi connectivity index (χ2n) is 9.57. The number of carbonyl (C=O) groups excluding carboxylic acids is 5. The van der Waals surface area contributed by atoms with E-state index in [1.807, 2.05) is 26.1 Å². The van der Waals surface area contributed by atoms with E-state index >= 15 is 0 Å². The van der Waals surface area contributed by atoms with Crippen LogP contribution in [0.25, 0.3) is 0 Å². The predicted octanol–water partition coefficient (Wildman–Crippen LogP) is 1.15. The summed E-state index contributed by atoms with van der Waals surface area (Å²) >= 11 is 0. The molecule has 1 aliphatic carbocycles. The highest BCUT2D eigenvalue weighted by molar-refractivity contribution is 6.09. The van der Waals surface area contributed by atoms with E-state index in [4.69, 9.17) is 4.74 Å². The zero-order valence-corrected chi connectivity index (χ0v) is 18.3. The van der Waals surface area contributed by atoms with Crippen molar-refractivity contribution in [3.05, 3.63) is 0 Å². The van der Waals surface area contributed by atoms with Crippen LogP contribution in [0.3, 0.4) is 0 Å². The number of nitrogens with one attached hydrogen (secondary N) is 3. The van der Waals surface area contributed by atoms with E-state index in [2.05, 4.69) is 24.5 Å². The molecule has 0 aromatic rings. The molecule has 2 fully saturated rings. The molecule has 168 valence electrons. The Balaban J connectivity index is 1.87. The zero-order valence-electron chi connectivity index (χ0n) is 18.3. The Kier molecular flexibility index (Phi) is 7.10. The fourth-order valence-corrected chi connectivity index (χ4v) is 4.47. The summed E-state index contributed by atoms with van der Waals surface area (Å²) in [4.78, 5) is 61.5. The van der Waals surface area contributed by atoms with Gasteiger partial charge in [0.2, 0.25) is 0 Å². The smallest absolute Gasteiger partial charge is 0.326 e. The molecule has 1 spiro atoms. The first-order chi connectivity index (χ1) is 13.8. The lowest BCUT2D eigenvalue weighted by Gasteiger charge is -2.43. The van der Waals surface area contributed by atoms with Gasteiger partial charge < -0.3 is 15.4 Å². The SMILES string of the molecule is CC(C)CNC(=O)NC(=O)COC(=O)CN1C(=O)N[C@]2(C[C@H](C)CC(C)(C)C2)C1=O. The minimum absolute atomic E-state index is 0.120. The quantitative estimate of drug-likeness (QED) is 0.433. The molecule has 6 amide bonds. The van der Waals surface area contributed by atoms with Crippen LogP contribution in [0.2, 0.25) is 0 Å². The summed E-state index contributed by atoms with van der Waals surface area (Å²) < 4.78 is 4.82. The van der Waals surface area contributed by atoms with Crippen molar-refractivity contribution in [2.75, 3.05) is 19.7 Å². The van der Waals surface area contributed by atoms with Crippen molar-refractivity contribution in [2.24, 2.45) is 17.3 Å². The summed E-state index contributed by atoms with van der Waals surface area (Å²) in [5.74, 6) is -1.69. The van der Waals surface area contributed by atoms with Gasteiger partial charge in [0.25, 0.3) is 11.8 Å². The van der Waals surface area contributed by atoms with Crippen molar-refractivity contribution in [3.8, 4) is 0 Å². The predicted molar refractivity (Wildman–Crippen MR) is 107 cm³/mol. The van der Waals surface area contributed by atoms with E-state index in [1.54, 1.807) is 0 Å². The largest absolute Gasteiger partial charge is 0.454 e. The Hall–Kier alpha value is -2.65. The highest BCUT2D eigenvalue weighted by atomic mass is 16.5. The fourth-order valence-electron chi connectivity index (χ4n) is 4.47. The number of hydrogen-bond acceptors (Lipinski definition) is 6. The molecule has 1 aliphatic heterocycles. The number of carbonyl (C=O) groups is 5. The summed E-state index contributed by atoms with van der Waals surface area (Å²) in [5.41, 5.74) is -1.13. The molecule has 0 aromatic carbocycles. The Morgan fingerprint density at radius 1 is 1.23 bits per heavy atom. The van der Waals surface area contributed by atoms with Crippen molar-refractivity contribution >= 4 is 29.8 Å². The van der Waals surface area contributed by atoms with Crippen LogP contribution in [0.15, 0.2) is 0 Å². The third-order valence-corrected chi connectivity index (χ3v) is 5.20. The van der Waals surface area contributed by atoms with Gasteiger partial charge in [-0.3, -0.25) is 24.6 Å². The zero-order chi connectivity index (χ0) is 22.7. The van der Waals surface area contributed by atoms with Crippen molar-refractivity contribution < 1.29 is 28.7 Å². The van der Waals surface area contributed by atoms with E-state index in [-0.39, 0.29) is 17.3 Å². The molecule has 1 heterocycles. The molecule has 0 unspecified atom stereocenters. The maximum Gasteiger partial charge on any atom is 0.326 e. The number of urea groups is 2. The lowest BCUT2D eigenvalue weighted by molar-refractivity contribution is -0.151. The standard InChI is InChI=1S/C20H32N4O6/c1-12(2)8-21-17(28)22-14(25)10-30-15(26)9-24-16(27)20(23-18(24)29)7-13(3)6-19(4,5)11-20/h12-13H,6-11H2,1-5H3,(H,23,29)(H2,21,22,25,28)/t13-,20+/m1/s1. The number of rotatable bonds is 6. The normalized spacial score (nSPS) is 25.3. The Morgan fingerprint density at radius 2 is 1.90 bits per heavy atom. The number of nitrogens with zero attached hydrogens (tertiary/aromatic N) is 1. The van der Waals surface area contributed by atoms with Gasteiger partial charge in [-0.1, -0.05) is 34.6 Å². The summed E-state index contributed by atoms with van der Waals surface area (Å²) in [5, 5.41) is 7.31. The number of amides is 6. The summed E-state index contributed by atoms with van der Waals surface area (Å²) in [6.45, 7) is 9.06. The average molecular weight is 424 g/mol. The molecule has 2 aliphatic rings. The summed E-state index contributed by atoms with van der Waals surface area (Å²) in [6.07, 6.45) is 1.95. The van der Waals surface area contributed by atoms with Gasteiger partial charge in [0.15, 0.2) is 6.61 Å². The van der Waals surface area contributed by atoms with Gasteiger partial charge in [-0.2, -0.15) is 0 Å². The molecular formula is C20H32N4O6. The molecule has 0 bridgehead atoms. The van der Waals surface area contributed by atoms with Crippen molar-refractivity contribution in [1.82, 2.24) is 20.9 Å². The second kappa shape index (κ2) is 9.01. The third-order valence-electron chi connectivity index (χ3n) is 5.20. The van der Waals surface area contributed by atoms with Crippen molar-refractivity contribution in [3.63, 3.8) is 0 Å². The molecule has 10 heteroatoms. The number of ether oxygens (including phenoxy) is 1. The lowest BCUT2D eigenvalue weighted by atomic mass is 9.64. The number of imide groups is 2. The Labute approximate surface area is 176 Å². The van der Waals surface area contributed by atoms with Crippen LogP contribution in [0.1, 0.15) is 53.9 Å². The van der Waals surface area contributed by atoms with Gasteiger partial charge in [0.05, 0.1) is 0 Å². The molecular weight excluding hydrogens is 392 g/mol. The van der Waals surface area contributed by atoms with Crippen molar-refractivity contribution in [2.45, 2.75) is 59.4 Å². The molecule has 10 nitrogen and oxygen atoms in total. The van der Waals surface area contributed by atoms with E-state index in [0.29, 0.717) is 19.4 Å². The van der Waals surface area contributed by atoms with E-state index < -0.39 is 48.5 Å². The topological polar surface area (TPSA) is 134 Å². The Morgan fingerprint density at radius 3 is 2.50 bits per heavy atom. The van der Waals surface area contributed by atoms with Crippen LogP contribution < -0.4 is 16.0 Å². The molecule has 2 rings (SSSR count). The number of hydrogen-bond donors (Lipinski definition) is 3. The highest BCUT2D eigenvalue weighted by Crippen LogP contribution is 2.46. The molecule has 1 saturated carbocycles. The maximum absolute atomic E-state index is 13.0. The maximum atomic E-state index is 13.0. The van der Waals surface area contributed by atoms with Crippen molar-refractivity contribution in [1.29, 1.82) is 0 Å². The van der Waals surface area contributed by atoms with E-state index in [9.17, 15) is 24.0 Å². The molecule has 0 aromatic heterocycles. The van der Waals surface area contributed by atoms with Gasteiger partial charge in [-0.15, -0.1) is 0 Å². The minimum atomic E-state index is -1.01. The minimum Gasteiger partial charge on any atom is -0.454 e.